The molecule has 9 heteroatoms. The number of rotatable bonds is 5. The predicted molar refractivity (Wildman–Crippen MR) is 94.1 cm³/mol. The summed E-state index contributed by atoms with van der Waals surface area (Å²) in [6.45, 7) is 0.784. The van der Waals surface area contributed by atoms with Crippen molar-refractivity contribution in [3.63, 3.8) is 0 Å². The number of oxazole rings is 1. The molecular formula is C15H13ClN6OS. The first-order valence-corrected chi connectivity index (χ1v) is 8.67. The minimum absolute atomic E-state index is 0.401. The van der Waals surface area contributed by atoms with Gasteiger partial charge >= 0.3 is 0 Å². The van der Waals surface area contributed by atoms with Crippen LogP contribution in [0.2, 0.25) is 5.02 Å². The summed E-state index contributed by atoms with van der Waals surface area (Å²) in [5.41, 5.74) is 8.70. The zero-order chi connectivity index (χ0) is 16.5. The highest BCUT2D eigenvalue weighted by atomic mass is 35.5. The molecule has 0 atom stereocenters. The van der Waals surface area contributed by atoms with Crippen LogP contribution in [0.4, 0.5) is 5.82 Å². The molecule has 0 aliphatic heterocycles. The Morgan fingerprint density at radius 3 is 3.08 bits per heavy atom. The molecule has 0 aliphatic carbocycles. The quantitative estimate of drug-likeness (QED) is 0.430. The fourth-order valence-corrected chi connectivity index (χ4v) is 3.32. The SMILES string of the molecule is Nc1ncnc2c1ncn2CCCSc1nc2ccc(Cl)cc2o1. The maximum absolute atomic E-state index is 5.95. The van der Waals surface area contributed by atoms with Crippen molar-refractivity contribution in [1.29, 1.82) is 0 Å². The van der Waals surface area contributed by atoms with Crippen molar-refractivity contribution in [3.05, 3.63) is 35.9 Å². The van der Waals surface area contributed by atoms with Crippen molar-refractivity contribution < 1.29 is 4.42 Å². The summed E-state index contributed by atoms with van der Waals surface area (Å²) >= 11 is 7.52. The van der Waals surface area contributed by atoms with Gasteiger partial charge in [-0.05, 0) is 18.6 Å². The average molecular weight is 361 g/mol. The zero-order valence-corrected chi connectivity index (χ0v) is 14.1. The number of aryl methyl sites for hydroxylation is 1. The Labute approximate surface area is 146 Å². The van der Waals surface area contributed by atoms with E-state index in [1.807, 2.05) is 10.6 Å². The van der Waals surface area contributed by atoms with Gasteiger partial charge in [-0.3, -0.25) is 0 Å². The number of aromatic nitrogens is 5. The van der Waals surface area contributed by atoms with E-state index in [0.717, 1.165) is 29.9 Å². The van der Waals surface area contributed by atoms with Gasteiger partial charge in [0.05, 0.1) is 6.33 Å². The largest absolute Gasteiger partial charge is 0.431 e. The molecular weight excluding hydrogens is 348 g/mol. The molecule has 0 bridgehead atoms. The number of imidazole rings is 1. The maximum atomic E-state index is 5.95. The van der Waals surface area contributed by atoms with Gasteiger partial charge < -0.3 is 14.7 Å². The Morgan fingerprint density at radius 1 is 1.25 bits per heavy atom. The lowest BCUT2D eigenvalue weighted by Crippen LogP contribution is -2.00. The third kappa shape index (κ3) is 2.90. The van der Waals surface area contributed by atoms with Crippen LogP contribution in [0, 0.1) is 0 Å². The average Bonchev–Trinajstić information content (AvgIpc) is 3.16. The van der Waals surface area contributed by atoms with Crippen molar-refractivity contribution in [2.45, 2.75) is 18.2 Å². The fraction of sp³-hybridized carbons (Fsp3) is 0.200. The molecule has 0 spiro atoms. The van der Waals surface area contributed by atoms with Crippen molar-refractivity contribution in [3.8, 4) is 0 Å². The van der Waals surface area contributed by atoms with E-state index in [1.165, 1.54) is 6.33 Å². The van der Waals surface area contributed by atoms with Crippen molar-refractivity contribution in [1.82, 2.24) is 24.5 Å². The molecule has 122 valence electrons. The molecule has 3 heterocycles. The van der Waals surface area contributed by atoms with E-state index < -0.39 is 0 Å². The van der Waals surface area contributed by atoms with Crippen LogP contribution in [0.5, 0.6) is 0 Å². The number of fused-ring (bicyclic) bond motifs is 2. The second-order valence-corrected chi connectivity index (χ2v) is 6.65. The van der Waals surface area contributed by atoms with Gasteiger partial charge in [0.2, 0.25) is 0 Å². The first kappa shape index (κ1) is 15.2. The predicted octanol–water partition coefficient (Wildman–Crippen LogP) is 3.39. The molecule has 3 aromatic heterocycles. The van der Waals surface area contributed by atoms with E-state index in [9.17, 15) is 0 Å². The van der Waals surface area contributed by atoms with Gasteiger partial charge in [0, 0.05) is 23.4 Å². The Balaban J connectivity index is 1.39. The van der Waals surface area contributed by atoms with Gasteiger partial charge in [0.1, 0.15) is 17.4 Å². The van der Waals surface area contributed by atoms with Crippen molar-refractivity contribution >= 4 is 51.4 Å². The molecule has 2 N–H and O–H groups in total. The molecule has 4 aromatic rings. The lowest BCUT2D eigenvalue weighted by atomic mass is 10.3. The number of nitrogen functional groups attached to an aromatic ring is 1. The van der Waals surface area contributed by atoms with E-state index in [2.05, 4.69) is 19.9 Å². The molecule has 0 saturated carbocycles. The molecule has 0 unspecified atom stereocenters. The Kier molecular flexibility index (Phi) is 3.99. The molecule has 0 radical (unpaired) electrons. The van der Waals surface area contributed by atoms with Crippen molar-refractivity contribution in [2.24, 2.45) is 0 Å². The highest BCUT2D eigenvalue weighted by Crippen LogP contribution is 2.26. The molecule has 24 heavy (non-hydrogen) atoms. The van der Waals surface area contributed by atoms with Crippen molar-refractivity contribution in [2.75, 3.05) is 11.5 Å². The number of nitrogens with zero attached hydrogens (tertiary/aromatic N) is 5. The summed E-state index contributed by atoms with van der Waals surface area (Å²) in [6, 6.07) is 5.43. The first-order chi connectivity index (χ1) is 11.7. The molecule has 0 aliphatic rings. The van der Waals surface area contributed by atoms with Crippen LogP contribution in [0.15, 0.2) is 40.5 Å². The van der Waals surface area contributed by atoms with Crippen LogP contribution in [-0.4, -0.2) is 30.3 Å². The van der Waals surface area contributed by atoms with Crippen LogP contribution in [-0.2, 0) is 6.54 Å². The second-order valence-electron chi connectivity index (χ2n) is 5.16. The van der Waals surface area contributed by atoms with Gasteiger partial charge in [-0.15, -0.1) is 0 Å². The minimum atomic E-state index is 0.401. The minimum Gasteiger partial charge on any atom is -0.431 e. The summed E-state index contributed by atoms with van der Waals surface area (Å²) < 4.78 is 7.66. The number of halogens is 1. The van der Waals surface area contributed by atoms with Gasteiger partial charge in [-0.1, -0.05) is 23.4 Å². The number of benzene rings is 1. The normalized spacial score (nSPS) is 11.5. The summed E-state index contributed by atoms with van der Waals surface area (Å²) in [7, 11) is 0. The Morgan fingerprint density at radius 2 is 2.17 bits per heavy atom. The van der Waals surface area contributed by atoms with Crippen LogP contribution < -0.4 is 5.73 Å². The molecule has 0 saturated heterocycles. The number of hydrogen-bond donors (Lipinski definition) is 1. The fourth-order valence-electron chi connectivity index (χ4n) is 2.40. The monoisotopic (exact) mass is 360 g/mol. The molecule has 0 fully saturated rings. The molecule has 4 rings (SSSR count). The van der Waals surface area contributed by atoms with Gasteiger partial charge in [0.15, 0.2) is 17.0 Å². The number of anilines is 1. The maximum Gasteiger partial charge on any atom is 0.256 e. The first-order valence-electron chi connectivity index (χ1n) is 7.31. The van der Waals surface area contributed by atoms with E-state index in [4.69, 9.17) is 21.8 Å². The van der Waals surface area contributed by atoms with E-state index in [0.29, 0.717) is 27.2 Å². The topological polar surface area (TPSA) is 95.7 Å². The molecule has 1 aromatic carbocycles. The smallest absolute Gasteiger partial charge is 0.256 e. The lowest BCUT2D eigenvalue weighted by molar-refractivity contribution is 0.489. The van der Waals surface area contributed by atoms with Crippen LogP contribution in [0.3, 0.4) is 0 Å². The number of hydrogen-bond acceptors (Lipinski definition) is 7. The Bertz CT molecular complexity index is 1010. The second kappa shape index (κ2) is 6.29. The molecule has 7 nitrogen and oxygen atoms in total. The standard InChI is InChI=1S/C15H13ClN6OS/c16-9-2-3-10-11(6-9)23-15(21-10)24-5-1-4-22-8-20-12-13(17)18-7-19-14(12)22/h2-3,6-8H,1,4-5H2,(H2,17,18,19). The van der Waals surface area contributed by atoms with Gasteiger partial charge in [-0.25, -0.2) is 19.9 Å². The third-order valence-corrected chi connectivity index (χ3v) is 4.68. The van der Waals surface area contributed by atoms with E-state index >= 15 is 0 Å². The van der Waals surface area contributed by atoms with E-state index in [-0.39, 0.29) is 0 Å². The van der Waals surface area contributed by atoms with E-state index in [1.54, 1.807) is 30.2 Å². The third-order valence-electron chi connectivity index (χ3n) is 3.53. The number of thioether (sulfide) groups is 1. The lowest BCUT2D eigenvalue weighted by Gasteiger charge is -2.02. The zero-order valence-electron chi connectivity index (χ0n) is 12.5. The summed E-state index contributed by atoms with van der Waals surface area (Å²) in [5, 5.41) is 1.29. The van der Waals surface area contributed by atoms with Gasteiger partial charge in [-0.2, -0.15) is 0 Å². The summed E-state index contributed by atoms with van der Waals surface area (Å²) in [6.07, 6.45) is 4.11. The summed E-state index contributed by atoms with van der Waals surface area (Å²) in [4.78, 5) is 16.9. The Hall–Kier alpha value is -2.32. The molecule has 0 amide bonds. The van der Waals surface area contributed by atoms with Gasteiger partial charge in [0.25, 0.3) is 5.22 Å². The van der Waals surface area contributed by atoms with Crippen LogP contribution in [0.25, 0.3) is 22.3 Å². The summed E-state index contributed by atoms with van der Waals surface area (Å²) in [5.74, 6) is 1.26. The van der Waals surface area contributed by atoms with Crippen LogP contribution >= 0.6 is 23.4 Å². The highest BCUT2D eigenvalue weighted by molar-refractivity contribution is 7.99. The van der Waals surface area contributed by atoms with Crippen LogP contribution in [0.1, 0.15) is 6.42 Å². The highest BCUT2D eigenvalue weighted by Gasteiger charge is 2.09. The number of nitrogens with two attached hydrogens (primary N) is 1.